The molecule has 0 heterocycles. The summed E-state index contributed by atoms with van der Waals surface area (Å²) in [5.74, 6) is -2.33. The number of esters is 4. The topological polar surface area (TPSA) is 237 Å². The molecule has 0 aliphatic heterocycles. The zero-order valence-corrected chi connectivity index (χ0v) is 66.0. The highest BCUT2D eigenvalue weighted by molar-refractivity contribution is 7.47. The summed E-state index contributed by atoms with van der Waals surface area (Å²) in [6.45, 7) is 4.56. The van der Waals surface area contributed by atoms with E-state index in [1.807, 2.05) is 18.2 Å². The fourth-order valence-corrected chi connectivity index (χ4v) is 12.3. The van der Waals surface area contributed by atoms with E-state index in [9.17, 15) is 43.2 Å². The van der Waals surface area contributed by atoms with Crippen molar-refractivity contribution in [1.82, 2.24) is 0 Å². The van der Waals surface area contributed by atoms with Crippen LogP contribution in [0.1, 0.15) is 336 Å². The quantitative estimate of drug-likeness (QED) is 0.0169. The van der Waals surface area contributed by atoms with E-state index in [2.05, 4.69) is 113 Å². The highest BCUT2D eigenvalue weighted by Gasteiger charge is 2.30. The summed E-state index contributed by atoms with van der Waals surface area (Å²) < 4.78 is 68.5. The van der Waals surface area contributed by atoms with Crippen LogP contribution in [0.3, 0.4) is 0 Å². The number of ether oxygens (including phenoxy) is 4. The molecule has 102 heavy (non-hydrogen) atoms. The fraction of sp³-hybridized carbons (Fsp3) is 0.735. The first-order valence-corrected chi connectivity index (χ1v) is 43.1. The third kappa shape index (κ3) is 74.0. The van der Waals surface area contributed by atoms with Crippen LogP contribution < -0.4 is 0 Å². The van der Waals surface area contributed by atoms with Gasteiger partial charge in [0.15, 0.2) is 12.2 Å². The van der Waals surface area contributed by atoms with Gasteiger partial charge in [0.2, 0.25) is 0 Å². The van der Waals surface area contributed by atoms with Gasteiger partial charge in [0.25, 0.3) is 0 Å². The summed E-state index contributed by atoms with van der Waals surface area (Å²) in [5.41, 5.74) is 0. The Morgan fingerprint density at radius 1 is 0.294 bits per heavy atom. The fourth-order valence-electron chi connectivity index (χ4n) is 10.7. The molecular formula is C83H144O17P2. The maximum absolute atomic E-state index is 13.1. The van der Waals surface area contributed by atoms with Gasteiger partial charge < -0.3 is 33.8 Å². The molecule has 0 bridgehead atoms. The van der Waals surface area contributed by atoms with Crippen molar-refractivity contribution >= 4 is 39.5 Å². The Bertz CT molecular complexity index is 2360. The number of carbonyl (C=O) groups excluding carboxylic acids is 4. The van der Waals surface area contributed by atoms with Crippen LogP contribution in [0, 0.1) is 0 Å². The highest BCUT2D eigenvalue weighted by Crippen LogP contribution is 2.45. The lowest BCUT2D eigenvalue weighted by atomic mass is 10.0. The number of hydrogen-bond acceptors (Lipinski definition) is 15. The molecule has 0 aromatic rings. The lowest BCUT2D eigenvalue weighted by Crippen LogP contribution is -2.30. The molecule has 5 unspecified atom stereocenters. The van der Waals surface area contributed by atoms with Crippen LogP contribution in [0.15, 0.2) is 109 Å². The molecule has 0 aromatic carbocycles. The largest absolute Gasteiger partial charge is 0.472 e. The minimum atomic E-state index is -4.99. The van der Waals surface area contributed by atoms with Crippen molar-refractivity contribution in [2.24, 2.45) is 0 Å². The number of phosphoric acid groups is 2. The van der Waals surface area contributed by atoms with Gasteiger partial charge in [0.1, 0.15) is 19.3 Å². The minimum Gasteiger partial charge on any atom is -0.462 e. The normalized spacial score (nSPS) is 14.5. The van der Waals surface area contributed by atoms with Gasteiger partial charge in [-0.2, -0.15) is 0 Å². The average Bonchev–Trinajstić information content (AvgIpc) is 0.926. The molecule has 0 aliphatic rings. The Morgan fingerprint density at radius 2 is 0.549 bits per heavy atom. The summed E-state index contributed by atoms with van der Waals surface area (Å²) in [6.07, 6.45) is 80.9. The average molecular weight is 1480 g/mol. The summed E-state index contributed by atoms with van der Waals surface area (Å²) in [5, 5.41) is 10.6. The van der Waals surface area contributed by atoms with Crippen molar-refractivity contribution in [1.29, 1.82) is 0 Å². The van der Waals surface area contributed by atoms with E-state index in [1.54, 1.807) is 6.08 Å². The van der Waals surface area contributed by atoms with Gasteiger partial charge in [-0.25, -0.2) is 9.13 Å². The van der Waals surface area contributed by atoms with Crippen LogP contribution >= 0.6 is 15.6 Å². The van der Waals surface area contributed by atoms with Gasteiger partial charge in [-0.3, -0.25) is 37.3 Å². The van der Waals surface area contributed by atoms with E-state index in [4.69, 9.17) is 37.0 Å². The van der Waals surface area contributed by atoms with Crippen molar-refractivity contribution in [2.75, 3.05) is 39.6 Å². The lowest BCUT2D eigenvalue weighted by Gasteiger charge is -2.21. The third-order valence-electron chi connectivity index (χ3n) is 16.8. The van der Waals surface area contributed by atoms with Crippen molar-refractivity contribution in [3.05, 3.63) is 109 Å². The Labute approximate surface area is 619 Å². The van der Waals surface area contributed by atoms with Crippen LogP contribution in [0.2, 0.25) is 0 Å². The van der Waals surface area contributed by atoms with E-state index in [1.165, 1.54) is 103 Å². The SMILES string of the molecule is CC/C=C\C/C=C\C/C=C\C/C=C\C/C=C\CC(=O)OCC(COP(=O)(O)OCC(O)COP(=O)(O)OCC(COC(=O)CCCCCCCCC/C=C\C/C=C\C/C=C\CC)OC(=O)CCCCCCC/C=C\CCCCCCCC)OC(=O)CCCCCCCCCCCCCCCCC. The molecule has 0 rings (SSSR count). The lowest BCUT2D eigenvalue weighted by molar-refractivity contribution is -0.161. The Kier molecular flexibility index (Phi) is 71.8. The van der Waals surface area contributed by atoms with Gasteiger partial charge >= 0.3 is 39.5 Å². The molecule has 0 fully saturated rings. The summed E-state index contributed by atoms with van der Waals surface area (Å²) >= 11 is 0. The second-order valence-electron chi connectivity index (χ2n) is 26.6. The summed E-state index contributed by atoms with van der Waals surface area (Å²) in [7, 11) is -9.98. The molecule has 19 heteroatoms. The Balaban J connectivity index is 5.41. The Morgan fingerprint density at radius 3 is 0.882 bits per heavy atom. The van der Waals surface area contributed by atoms with Crippen LogP contribution in [0.4, 0.5) is 0 Å². The number of aliphatic hydroxyl groups is 1. The van der Waals surface area contributed by atoms with Gasteiger partial charge in [0.05, 0.1) is 32.8 Å². The maximum Gasteiger partial charge on any atom is 0.472 e. The molecule has 3 N–H and O–H groups in total. The van der Waals surface area contributed by atoms with E-state index >= 15 is 0 Å². The number of aliphatic hydroxyl groups excluding tert-OH is 1. The van der Waals surface area contributed by atoms with E-state index in [-0.39, 0.29) is 25.7 Å². The van der Waals surface area contributed by atoms with Crippen LogP contribution in [0.5, 0.6) is 0 Å². The molecule has 0 aliphatic carbocycles. The van der Waals surface area contributed by atoms with Crippen molar-refractivity contribution in [3.63, 3.8) is 0 Å². The van der Waals surface area contributed by atoms with Gasteiger partial charge in [-0.05, 0) is 109 Å². The van der Waals surface area contributed by atoms with Crippen LogP contribution in [0.25, 0.3) is 0 Å². The molecule has 0 spiro atoms. The smallest absolute Gasteiger partial charge is 0.462 e. The first kappa shape index (κ1) is 97.7. The minimum absolute atomic E-state index is 0.0692. The number of allylic oxidation sites excluding steroid dienone is 17. The molecule has 17 nitrogen and oxygen atoms in total. The zero-order chi connectivity index (χ0) is 74.6. The number of unbranched alkanes of at least 4 members (excludes halogenated alkanes) is 32. The van der Waals surface area contributed by atoms with E-state index in [0.29, 0.717) is 25.7 Å². The maximum atomic E-state index is 13.1. The number of phosphoric ester groups is 2. The molecule has 0 amide bonds. The van der Waals surface area contributed by atoms with Crippen LogP contribution in [-0.2, 0) is 65.4 Å². The third-order valence-corrected chi connectivity index (χ3v) is 18.7. The number of carbonyl (C=O) groups is 4. The second kappa shape index (κ2) is 75.0. The van der Waals surface area contributed by atoms with E-state index < -0.39 is 97.5 Å². The number of rotatable bonds is 75. The monoisotopic (exact) mass is 1470 g/mol. The molecule has 0 saturated heterocycles. The van der Waals surface area contributed by atoms with Crippen LogP contribution in [-0.4, -0.2) is 96.7 Å². The molecule has 0 saturated carbocycles. The predicted molar refractivity (Wildman–Crippen MR) is 418 cm³/mol. The first-order valence-electron chi connectivity index (χ1n) is 40.1. The first-order chi connectivity index (χ1) is 49.7. The zero-order valence-electron chi connectivity index (χ0n) is 64.3. The van der Waals surface area contributed by atoms with E-state index in [0.717, 1.165) is 154 Å². The van der Waals surface area contributed by atoms with Gasteiger partial charge in [-0.1, -0.05) is 310 Å². The number of hydrogen-bond donors (Lipinski definition) is 3. The van der Waals surface area contributed by atoms with Crippen molar-refractivity contribution < 1.29 is 80.2 Å². The molecular weight excluding hydrogens is 1330 g/mol. The van der Waals surface area contributed by atoms with Gasteiger partial charge in [0, 0.05) is 19.3 Å². The predicted octanol–water partition coefficient (Wildman–Crippen LogP) is 23.3. The molecule has 588 valence electrons. The summed E-state index contributed by atoms with van der Waals surface area (Å²) in [4.78, 5) is 73.0. The molecule has 0 radical (unpaired) electrons. The van der Waals surface area contributed by atoms with Crippen molar-refractivity contribution in [2.45, 2.75) is 354 Å². The highest BCUT2D eigenvalue weighted by atomic mass is 31.2. The molecule has 5 atom stereocenters. The standard InChI is InChI=1S/C83H144O17P2/c1-5-9-13-17-21-25-29-33-37-38-42-44-48-52-56-60-64-68-81(86)94-74-79(100-83(88)70-66-62-58-54-50-46-41-36-32-28-24-20-16-12-8-4)76-98-102(91,92)96-72-77(84)71-95-101(89,90)97-75-78(99-82(87)69-65-61-57-53-49-45-40-35-31-27-23-19-15-11-7-3)73-93-80(85)67-63-59-55-51-47-43-39-34-30-26-22-18-14-10-6-2/h9-10,13-14,21-22,25-26,33-34,36-37,39,41,47,51,59,63,77-79,84H,5-8,11-12,15-20,23-24,27-32,35,38,40,42-46,48-50,52-58,60-62,64-76H2,1-4H3,(H,89,90)(H,91,92)/b13-9-,14-10-,25-21-,26-22-,37-33-,39-34-,41-36-,51-47-,63-59-. The van der Waals surface area contributed by atoms with Crippen molar-refractivity contribution in [3.8, 4) is 0 Å². The van der Waals surface area contributed by atoms with Gasteiger partial charge in [-0.15, -0.1) is 0 Å². The second-order valence-corrected chi connectivity index (χ2v) is 29.5. The summed E-state index contributed by atoms with van der Waals surface area (Å²) in [6, 6.07) is 0. The molecule has 0 aromatic heterocycles. The Hall–Kier alpha value is -4.28.